The Kier molecular flexibility index (Phi) is 2.96. The fraction of sp³-hybridized carbons (Fsp3) is 0.400. The van der Waals surface area contributed by atoms with Gasteiger partial charge in [0.25, 0.3) is 0 Å². The molecule has 0 amide bonds. The highest BCUT2D eigenvalue weighted by Crippen LogP contribution is 2.27. The molecule has 0 atom stereocenters. The van der Waals surface area contributed by atoms with E-state index < -0.39 is 0 Å². The number of likely N-dealkylation sites (tertiary alicyclic amines) is 1. The largest absolute Gasteiger partial charge is 0.306 e. The zero-order valence-electron chi connectivity index (χ0n) is 12.1. The standard InChI is InChI=1S/C15H18N6/c1-19-6-4-13(5-7-19)21-15-8-14(20-10-16-17-11-20)3-2-12(15)9-18-21/h2-3,8-11,13H,4-7H2,1H3. The zero-order chi connectivity index (χ0) is 14.2. The Morgan fingerprint density at radius 1 is 1.10 bits per heavy atom. The average Bonchev–Trinajstić information content (AvgIpc) is 3.17. The van der Waals surface area contributed by atoms with Crippen molar-refractivity contribution in [2.45, 2.75) is 18.9 Å². The first-order valence-electron chi connectivity index (χ1n) is 7.32. The highest BCUT2D eigenvalue weighted by molar-refractivity contribution is 5.81. The first-order valence-corrected chi connectivity index (χ1v) is 7.32. The Balaban J connectivity index is 1.74. The molecule has 0 unspecified atom stereocenters. The number of aromatic nitrogens is 5. The molecule has 0 bridgehead atoms. The van der Waals surface area contributed by atoms with Crippen LogP contribution in [0.5, 0.6) is 0 Å². The molecule has 0 spiro atoms. The van der Waals surface area contributed by atoms with Crippen LogP contribution in [-0.4, -0.2) is 49.6 Å². The molecule has 0 N–H and O–H groups in total. The molecule has 1 aliphatic heterocycles. The van der Waals surface area contributed by atoms with E-state index in [1.165, 1.54) is 10.9 Å². The molecule has 0 saturated carbocycles. The minimum Gasteiger partial charge on any atom is -0.306 e. The molecule has 0 aliphatic carbocycles. The van der Waals surface area contributed by atoms with Gasteiger partial charge in [0.2, 0.25) is 0 Å². The summed E-state index contributed by atoms with van der Waals surface area (Å²) in [5.74, 6) is 0. The molecule has 4 rings (SSSR count). The molecule has 1 aromatic carbocycles. The summed E-state index contributed by atoms with van der Waals surface area (Å²) < 4.78 is 4.11. The first kappa shape index (κ1) is 12.5. The van der Waals surface area contributed by atoms with Crippen molar-refractivity contribution in [2.24, 2.45) is 0 Å². The number of fused-ring (bicyclic) bond motifs is 1. The van der Waals surface area contributed by atoms with E-state index in [1.54, 1.807) is 12.7 Å². The molecule has 1 fully saturated rings. The van der Waals surface area contributed by atoms with Crippen LogP contribution in [0.4, 0.5) is 0 Å². The van der Waals surface area contributed by atoms with E-state index in [0.29, 0.717) is 6.04 Å². The van der Waals surface area contributed by atoms with E-state index in [0.717, 1.165) is 31.6 Å². The van der Waals surface area contributed by atoms with Gasteiger partial charge in [-0.2, -0.15) is 5.10 Å². The summed E-state index contributed by atoms with van der Waals surface area (Å²) >= 11 is 0. The Morgan fingerprint density at radius 2 is 1.86 bits per heavy atom. The third-order valence-electron chi connectivity index (χ3n) is 4.33. The van der Waals surface area contributed by atoms with Crippen LogP contribution < -0.4 is 0 Å². The molecular weight excluding hydrogens is 264 g/mol. The lowest BCUT2D eigenvalue weighted by molar-refractivity contribution is 0.215. The number of rotatable bonds is 2. The van der Waals surface area contributed by atoms with Crippen molar-refractivity contribution >= 4 is 10.9 Å². The second-order valence-electron chi connectivity index (χ2n) is 5.74. The monoisotopic (exact) mass is 282 g/mol. The number of piperidine rings is 1. The van der Waals surface area contributed by atoms with Crippen LogP contribution in [0.3, 0.4) is 0 Å². The van der Waals surface area contributed by atoms with Gasteiger partial charge in [-0.3, -0.25) is 9.25 Å². The Labute approximate surface area is 123 Å². The average molecular weight is 282 g/mol. The molecule has 1 saturated heterocycles. The van der Waals surface area contributed by atoms with Crippen LogP contribution in [0.25, 0.3) is 16.6 Å². The lowest BCUT2D eigenvalue weighted by Gasteiger charge is -2.29. The molecule has 3 aromatic rings. The second kappa shape index (κ2) is 4.96. The van der Waals surface area contributed by atoms with Gasteiger partial charge in [0.05, 0.1) is 23.4 Å². The zero-order valence-corrected chi connectivity index (χ0v) is 12.1. The maximum Gasteiger partial charge on any atom is 0.123 e. The molecular formula is C15H18N6. The summed E-state index contributed by atoms with van der Waals surface area (Å²) in [5.41, 5.74) is 2.26. The lowest BCUT2D eigenvalue weighted by atomic mass is 10.1. The van der Waals surface area contributed by atoms with E-state index in [4.69, 9.17) is 0 Å². The van der Waals surface area contributed by atoms with Crippen LogP contribution in [0.2, 0.25) is 0 Å². The summed E-state index contributed by atoms with van der Waals surface area (Å²) in [5, 5.41) is 13.6. The molecule has 108 valence electrons. The van der Waals surface area contributed by atoms with Gasteiger partial charge in [0, 0.05) is 5.39 Å². The van der Waals surface area contributed by atoms with Crippen LogP contribution in [0.15, 0.2) is 37.1 Å². The van der Waals surface area contributed by atoms with Gasteiger partial charge in [0.15, 0.2) is 0 Å². The Bertz CT molecular complexity index is 737. The van der Waals surface area contributed by atoms with Gasteiger partial charge in [-0.15, -0.1) is 10.2 Å². The number of hydrogen-bond donors (Lipinski definition) is 0. The van der Waals surface area contributed by atoms with E-state index in [9.17, 15) is 0 Å². The third kappa shape index (κ3) is 2.21. The van der Waals surface area contributed by atoms with Crippen molar-refractivity contribution in [2.75, 3.05) is 20.1 Å². The summed E-state index contributed by atoms with van der Waals surface area (Å²) in [6.07, 6.45) is 7.72. The quantitative estimate of drug-likeness (QED) is 0.720. The van der Waals surface area contributed by atoms with Gasteiger partial charge in [-0.05, 0) is 51.2 Å². The van der Waals surface area contributed by atoms with Gasteiger partial charge < -0.3 is 4.90 Å². The Morgan fingerprint density at radius 3 is 2.62 bits per heavy atom. The molecule has 21 heavy (non-hydrogen) atoms. The highest BCUT2D eigenvalue weighted by atomic mass is 15.3. The summed E-state index contributed by atoms with van der Waals surface area (Å²) in [7, 11) is 2.18. The topological polar surface area (TPSA) is 51.8 Å². The fourth-order valence-electron chi connectivity index (χ4n) is 3.05. The number of hydrogen-bond acceptors (Lipinski definition) is 4. The summed E-state index contributed by atoms with van der Waals surface area (Å²) in [4.78, 5) is 2.38. The number of benzene rings is 1. The SMILES string of the molecule is CN1CCC(n2ncc3ccc(-n4cnnc4)cc32)CC1. The summed E-state index contributed by atoms with van der Waals surface area (Å²) in [6.45, 7) is 2.27. The molecule has 1 aliphatic rings. The third-order valence-corrected chi connectivity index (χ3v) is 4.33. The van der Waals surface area contributed by atoms with Crippen molar-refractivity contribution in [1.29, 1.82) is 0 Å². The van der Waals surface area contributed by atoms with Gasteiger partial charge in [-0.1, -0.05) is 0 Å². The summed E-state index contributed by atoms with van der Waals surface area (Å²) in [6, 6.07) is 6.86. The van der Waals surface area contributed by atoms with Gasteiger partial charge in [-0.25, -0.2) is 0 Å². The van der Waals surface area contributed by atoms with Crippen LogP contribution in [0, 0.1) is 0 Å². The van der Waals surface area contributed by atoms with E-state index in [2.05, 4.69) is 50.1 Å². The van der Waals surface area contributed by atoms with Crippen molar-refractivity contribution in [3.63, 3.8) is 0 Å². The van der Waals surface area contributed by atoms with Crippen LogP contribution in [0.1, 0.15) is 18.9 Å². The molecule has 2 aromatic heterocycles. The first-order chi connectivity index (χ1) is 10.3. The van der Waals surface area contributed by atoms with E-state index in [-0.39, 0.29) is 0 Å². The van der Waals surface area contributed by atoms with Crippen molar-refractivity contribution < 1.29 is 0 Å². The van der Waals surface area contributed by atoms with Gasteiger partial charge >= 0.3 is 0 Å². The number of nitrogens with zero attached hydrogens (tertiary/aromatic N) is 6. The molecule has 6 heteroatoms. The molecule has 0 radical (unpaired) electrons. The van der Waals surface area contributed by atoms with Crippen LogP contribution in [-0.2, 0) is 0 Å². The fourth-order valence-corrected chi connectivity index (χ4v) is 3.05. The highest BCUT2D eigenvalue weighted by Gasteiger charge is 2.20. The molecule has 3 heterocycles. The second-order valence-corrected chi connectivity index (χ2v) is 5.74. The van der Waals surface area contributed by atoms with Crippen molar-refractivity contribution in [3.8, 4) is 5.69 Å². The van der Waals surface area contributed by atoms with E-state index >= 15 is 0 Å². The minimum absolute atomic E-state index is 0.495. The predicted octanol–water partition coefficient (Wildman–Crippen LogP) is 1.88. The predicted molar refractivity (Wildman–Crippen MR) is 80.4 cm³/mol. The minimum atomic E-state index is 0.495. The normalized spacial score (nSPS) is 17.6. The maximum absolute atomic E-state index is 4.62. The van der Waals surface area contributed by atoms with Crippen molar-refractivity contribution in [3.05, 3.63) is 37.1 Å². The van der Waals surface area contributed by atoms with Gasteiger partial charge in [0.1, 0.15) is 12.7 Å². The lowest BCUT2D eigenvalue weighted by Crippen LogP contribution is -2.31. The molecule has 6 nitrogen and oxygen atoms in total. The maximum atomic E-state index is 4.62. The van der Waals surface area contributed by atoms with Crippen LogP contribution >= 0.6 is 0 Å². The van der Waals surface area contributed by atoms with E-state index in [1.807, 2.05) is 10.8 Å². The smallest absolute Gasteiger partial charge is 0.123 e. The Hall–Kier alpha value is -2.21. The van der Waals surface area contributed by atoms with Crippen molar-refractivity contribution in [1.82, 2.24) is 29.4 Å².